The minimum absolute atomic E-state index is 0.00663. The van der Waals surface area contributed by atoms with Crippen LogP contribution < -0.4 is 4.74 Å². The van der Waals surface area contributed by atoms with Crippen molar-refractivity contribution in [3.8, 4) is 5.75 Å². The molecule has 0 fully saturated rings. The minimum Gasteiger partial charge on any atom is -0.491 e. The van der Waals surface area contributed by atoms with Gasteiger partial charge in [-0.25, -0.2) is 8.42 Å². The molecule has 0 aliphatic carbocycles. The molecule has 0 atom stereocenters. The number of rotatable bonds is 6. The fraction of sp³-hybridized carbons (Fsp3) is 0.400. The fourth-order valence-electron chi connectivity index (χ4n) is 1.19. The lowest BCUT2D eigenvalue weighted by Crippen LogP contribution is -2.03. The van der Waals surface area contributed by atoms with Crippen LogP contribution in [-0.4, -0.2) is 28.7 Å². The van der Waals surface area contributed by atoms with Crippen molar-refractivity contribution in [3.63, 3.8) is 0 Å². The fourth-order valence-corrected chi connectivity index (χ4v) is 3.70. The van der Waals surface area contributed by atoms with Gasteiger partial charge in [0, 0.05) is 30.8 Å². The summed E-state index contributed by atoms with van der Waals surface area (Å²) in [7, 11) is 3.13. The van der Waals surface area contributed by atoms with Crippen LogP contribution in [0.15, 0.2) is 26.0 Å². The maximum Gasteiger partial charge on any atom is 0.261 e. The van der Waals surface area contributed by atoms with Crippen molar-refractivity contribution in [3.05, 3.63) is 21.1 Å². The van der Waals surface area contributed by atoms with Gasteiger partial charge in [-0.1, -0.05) is 0 Å². The van der Waals surface area contributed by atoms with Crippen molar-refractivity contribution >= 4 is 51.6 Å². The maximum absolute atomic E-state index is 11.2. The molecule has 0 aromatic heterocycles. The number of halogens is 3. The van der Waals surface area contributed by atoms with Crippen LogP contribution in [0.4, 0.5) is 0 Å². The Labute approximate surface area is 127 Å². The van der Waals surface area contributed by atoms with Crippen molar-refractivity contribution in [2.24, 2.45) is 0 Å². The Balaban J connectivity index is 2.88. The van der Waals surface area contributed by atoms with Gasteiger partial charge in [0.2, 0.25) is 0 Å². The molecule has 1 aromatic rings. The van der Waals surface area contributed by atoms with Gasteiger partial charge < -0.3 is 9.47 Å². The number of methoxy groups -OCH3 is 1. The zero-order valence-corrected chi connectivity index (χ0v) is 14.2. The van der Waals surface area contributed by atoms with Gasteiger partial charge in [-0.15, -0.1) is 0 Å². The molecule has 18 heavy (non-hydrogen) atoms. The van der Waals surface area contributed by atoms with Gasteiger partial charge in [0.1, 0.15) is 5.75 Å². The summed E-state index contributed by atoms with van der Waals surface area (Å²) in [5.74, 6) is 0.537. The zero-order valence-electron chi connectivity index (χ0n) is 9.45. The predicted octanol–water partition coefficient (Wildman–Crippen LogP) is 3.55. The summed E-state index contributed by atoms with van der Waals surface area (Å²) in [6, 6.07) is 2.80. The van der Waals surface area contributed by atoms with Crippen molar-refractivity contribution < 1.29 is 17.9 Å². The van der Waals surface area contributed by atoms with E-state index in [1.807, 2.05) is 0 Å². The quantitative estimate of drug-likeness (QED) is 0.520. The summed E-state index contributed by atoms with van der Waals surface area (Å²) >= 11 is 6.50. The van der Waals surface area contributed by atoms with Crippen LogP contribution in [0.2, 0.25) is 0 Å². The molecule has 0 amide bonds. The molecule has 0 N–H and O–H groups in total. The lowest BCUT2D eigenvalue weighted by molar-refractivity contribution is 0.171. The van der Waals surface area contributed by atoms with Crippen LogP contribution in [0.25, 0.3) is 0 Å². The summed E-state index contributed by atoms with van der Waals surface area (Å²) in [4.78, 5) is 0.00663. The van der Waals surface area contributed by atoms with Crippen molar-refractivity contribution in [2.45, 2.75) is 11.3 Å². The summed E-state index contributed by atoms with van der Waals surface area (Å²) in [5, 5.41) is 0. The molecule has 0 radical (unpaired) electrons. The monoisotopic (exact) mass is 420 g/mol. The zero-order chi connectivity index (χ0) is 13.8. The van der Waals surface area contributed by atoms with E-state index in [-0.39, 0.29) is 4.90 Å². The normalized spacial score (nSPS) is 11.6. The molecule has 8 heteroatoms. The summed E-state index contributed by atoms with van der Waals surface area (Å²) in [6.45, 7) is 1.07. The molecule has 0 saturated heterocycles. The molecule has 0 unspecified atom stereocenters. The molecule has 0 aliphatic heterocycles. The Morgan fingerprint density at radius 1 is 1.22 bits per heavy atom. The minimum atomic E-state index is -3.76. The predicted molar refractivity (Wildman–Crippen MR) is 76.9 cm³/mol. The first-order chi connectivity index (χ1) is 8.36. The third-order valence-electron chi connectivity index (χ3n) is 1.99. The lowest BCUT2D eigenvalue weighted by Gasteiger charge is -2.11. The largest absolute Gasteiger partial charge is 0.491 e. The molecular weight excluding hydrogens is 411 g/mol. The lowest BCUT2D eigenvalue weighted by atomic mass is 10.3. The van der Waals surface area contributed by atoms with Crippen molar-refractivity contribution in [1.29, 1.82) is 0 Å². The number of hydrogen-bond acceptors (Lipinski definition) is 4. The van der Waals surface area contributed by atoms with E-state index >= 15 is 0 Å². The van der Waals surface area contributed by atoms with E-state index < -0.39 is 9.05 Å². The van der Waals surface area contributed by atoms with Gasteiger partial charge in [-0.2, -0.15) is 0 Å². The molecule has 0 spiro atoms. The molecule has 0 saturated carbocycles. The van der Waals surface area contributed by atoms with Crippen LogP contribution in [0.5, 0.6) is 5.75 Å². The Kier molecular flexibility index (Phi) is 6.40. The summed E-state index contributed by atoms with van der Waals surface area (Å²) in [6.07, 6.45) is 0.741. The Morgan fingerprint density at radius 2 is 1.78 bits per heavy atom. The highest BCUT2D eigenvalue weighted by Crippen LogP contribution is 2.36. The van der Waals surface area contributed by atoms with Gasteiger partial charge in [-0.3, -0.25) is 0 Å². The number of hydrogen-bond donors (Lipinski definition) is 0. The van der Waals surface area contributed by atoms with Gasteiger partial charge in [0.25, 0.3) is 9.05 Å². The molecule has 0 bridgehead atoms. The molecule has 102 valence electrons. The Morgan fingerprint density at radius 3 is 2.22 bits per heavy atom. The molecule has 0 aliphatic rings. The van der Waals surface area contributed by atoms with Crippen LogP contribution in [0.3, 0.4) is 0 Å². The van der Waals surface area contributed by atoms with Crippen LogP contribution >= 0.6 is 42.5 Å². The van der Waals surface area contributed by atoms with Crippen LogP contribution in [0, 0.1) is 0 Å². The summed E-state index contributed by atoms with van der Waals surface area (Å²) < 4.78 is 33.9. The summed E-state index contributed by atoms with van der Waals surface area (Å²) in [5.41, 5.74) is 0. The van der Waals surface area contributed by atoms with Crippen molar-refractivity contribution in [2.75, 3.05) is 20.3 Å². The van der Waals surface area contributed by atoms with Crippen LogP contribution in [0.1, 0.15) is 6.42 Å². The second-order valence-corrected chi connectivity index (χ2v) is 7.62. The van der Waals surface area contributed by atoms with E-state index in [4.69, 9.17) is 20.2 Å². The highest BCUT2D eigenvalue weighted by atomic mass is 79.9. The van der Waals surface area contributed by atoms with E-state index in [1.54, 1.807) is 7.11 Å². The Hall–Kier alpha value is 0.180. The second kappa shape index (κ2) is 7.09. The number of ether oxygens (including phenoxy) is 2. The third-order valence-corrected chi connectivity index (χ3v) is 4.50. The first-order valence-corrected chi connectivity index (χ1v) is 8.81. The molecule has 1 rings (SSSR count). The van der Waals surface area contributed by atoms with Gasteiger partial charge in [-0.05, 0) is 44.0 Å². The standard InChI is InChI=1S/C10H11Br2ClO4S/c1-16-3-2-4-17-10-8(11)5-7(6-9(10)12)18(13,14)15/h5-6H,2-4H2,1H3. The van der Waals surface area contributed by atoms with Gasteiger partial charge >= 0.3 is 0 Å². The van der Waals surface area contributed by atoms with Gasteiger partial charge in [0.15, 0.2) is 0 Å². The third kappa shape index (κ3) is 4.70. The van der Waals surface area contributed by atoms with E-state index in [9.17, 15) is 8.42 Å². The average molecular weight is 423 g/mol. The Bertz CT molecular complexity index is 496. The SMILES string of the molecule is COCCCOc1c(Br)cc(S(=O)(=O)Cl)cc1Br. The first-order valence-electron chi connectivity index (χ1n) is 4.91. The maximum atomic E-state index is 11.2. The second-order valence-electron chi connectivity index (χ2n) is 3.35. The molecule has 0 heterocycles. The van der Waals surface area contributed by atoms with Crippen molar-refractivity contribution in [1.82, 2.24) is 0 Å². The average Bonchev–Trinajstić information content (AvgIpc) is 2.25. The number of benzene rings is 1. The van der Waals surface area contributed by atoms with E-state index in [1.165, 1.54) is 12.1 Å². The highest BCUT2D eigenvalue weighted by Gasteiger charge is 2.16. The topological polar surface area (TPSA) is 52.6 Å². The van der Waals surface area contributed by atoms with E-state index in [2.05, 4.69) is 31.9 Å². The van der Waals surface area contributed by atoms with E-state index in [0.717, 1.165) is 6.42 Å². The molecule has 1 aromatic carbocycles. The molecular formula is C10H11Br2ClO4S. The smallest absolute Gasteiger partial charge is 0.261 e. The van der Waals surface area contributed by atoms with Gasteiger partial charge in [0.05, 0.1) is 20.4 Å². The molecule has 4 nitrogen and oxygen atoms in total. The van der Waals surface area contributed by atoms with E-state index in [0.29, 0.717) is 27.9 Å². The first kappa shape index (κ1) is 16.2. The van der Waals surface area contributed by atoms with Crippen LogP contribution in [-0.2, 0) is 13.8 Å². The highest BCUT2D eigenvalue weighted by molar-refractivity contribution is 9.11.